The molecule has 2 aromatic carbocycles. The van der Waals surface area contributed by atoms with Crippen molar-refractivity contribution in [3.05, 3.63) is 58.7 Å². The predicted molar refractivity (Wildman–Crippen MR) is 94.7 cm³/mol. The lowest BCUT2D eigenvalue weighted by molar-refractivity contribution is 0.0697. The van der Waals surface area contributed by atoms with Crippen molar-refractivity contribution >= 4 is 5.97 Å². The van der Waals surface area contributed by atoms with Crippen LogP contribution in [0.1, 0.15) is 41.8 Å². The normalized spacial score (nSPS) is 11.1. The molecular formula is C20H23F2NO2. The Balaban J connectivity index is 2.23. The topological polar surface area (TPSA) is 49.3 Å². The number of benzene rings is 2. The molecule has 0 aliphatic carbocycles. The molecule has 0 aromatic heterocycles. The highest BCUT2D eigenvalue weighted by molar-refractivity contribution is 5.89. The molecule has 2 N–H and O–H groups in total. The average molecular weight is 347 g/mol. The molecule has 0 spiro atoms. The lowest BCUT2D eigenvalue weighted by Gasteiger charge is -2.12. The summed E-state index contributed by atoms with van der Waals surface area (Å²) in [6.07, 6.45) is 0.941. The molecule has 2 aromatic rings. The summed E-state index contributed by atoms with van der Waals surface area (Å²) in [5.41, 5.74) is 1.83. The van der Waals surface area contributed by atoms with Gasteiger partial charge in [0.1, 0.15) is 11.6 Å². The van der Waals surface area contributed by atoms with Crippen LogP contribution in [0.3, 0.4) is 0 Å². The number of halogens is 2. The Hall–Kier alpha value is -2.27. The van der Waals surface area contributed by atoms with Crippen molar-refractivity contribution in [1.82, 2.24) is 5.32 Å². The number of hydrogen-bond donors (Lipinski definition) is 2. The Bertz CT molecular complexity index is 749. The van der Waals surface area contributed by atoms with Crippen LogP contribution in [0.5, 0.6) is 0 Å². The van der Waals surface area contributed by atoms with Crippen LogP contribution in [0.4, 0.5) is 8.78 Å². The third-order valence-corrected chi connectivity index (χ3v) is 4.13. The van der Waals surface area contributed by atoms with Crippen molar-refractivity contribution in [2.24, 2.45) is 5.92 Å². The second kappa shape index (κ2) is 8.21. The first-order valence-electron chi connectivity index (χ1n) is 8.32. The van der Waals surface area contributed by atoms with Crippen LogP contribution in [0.15, 0.2) is 30.3 Å². The molecule has 5 heteroatoms. The van der Waals surface area contributed by atoms with Crippen LogP contribution in [-0.4, -0.2) is 17.6 Å². The van der Waals surface area contributed by atoms with E-state index < -0.39 is 17.6 Å². The standard InChI is InChI=1S/C20H23F2NO2/c1-12(2)6-7-23-11-17-18(21)9-15(10-19(17)22)16-5-4-14(20(24)25)8-13(16)3/h4-5,8-10,12,23H,6-7,11H2,1-3H3,(H,24,25). The number of aromatic carboxylic acids is 1. The third kappa shape index (κ3) is 4.86. The first-order chi connectivity index (χ1) is 11.8. The van der Waals surface area contributed by atoms with Crippen LogP contribution < -0.4 is 5.32 Å². The largest absolute Gasteiger partial charge is 0.478 e. The van der Waals surface area contributed by atoms with Gasteiger partial charge in [-0.25, -0.2) is 13.6 Å². The van der Waals surface area contributed by atoms with Crippen molar-refractivity contribution in [2.75, 3.05) is 6.54 Å². The minimum Gasteiger partial charge on any atom is -0.478 e. The molecule has 0 aliphatic heterocycles. The summed E-state index contributed by atoms with van der Waals surface area (Å²) in [5, 5.41) is 12.1. The number of carboxylic acid groups (broad SMARTS) is 1. The summed E-state index contributed by atoms with van der Waals surface area (Å²) in [6, 6.07) is 7.10. The van der Waals surface area contributed by atoms with E-state index in [1.165, 1.54) is 24.3 Å². The number of nitrogens with one attached hydrogen (secondary N) is 1. The maximum absolute atomic E-state index is 14.3. The van der Waals surface area contributed by atoms with Gasteiger partial charge in [0.15, 0.2) is 0 Å². The fraction of sp³-hybridized carbons (Fsp3) is 0.350. The zero-order chi connectivity index (χ0) is 18.6. The molecule has 0 bridgehead atoms. The lowest BCUT2D eigenvalue weighted by Crippen LogP contribution is -2.18. The first-order valence-corrected chi connectivity index (χ1v) is 8.32. The highest BCUT2D eigenvalue weighted by Gasteiger charge is 2.14. The molecule has 0 radical (unpaired) electrons. The van der Waals surface area contributed by atoms with Gasteiger partial charge in [0, 0.05) is 12.1 Å². The number of aryl methyl sites for hydroxylation is 1. The third-order valence-electron chi connectivity index (χ3n) is 4.13. The lowest BCUT2D eigenvalue weighted by atomic mass is 9.97. The zero-order valence-electron chi connectivity index (χ0n) is 14.7. The molecule has 0 aliphatic rings. The van der Waals surface area contributed by atoms with Gasteiger partial charge in [-0.05, 0) is 66.8 Å². The van der Waals surface area contributed by atoms with E-state index in [0.29, 0.717) is 29.2 Å². The van der Waals surface area contributed by atoms with Gasteiger partial charge in [0.25, 0.3) is 0 Å². The summed E-state index contributed by atoms with van der Waals surface area (Å²) >= 11 is 0. The van der Waals surface area contributed by atoms with Crippen molar-refractivity contribution in [3.8, 4) is 11.1 Å². The molecule has 0 heterocycles. The Labute approximate surface area is 146 Å². The Morgan fingerprint density at radius 3 is 2.32 bits per heavy atom. The molecule has 0 saturated carbocycles. The smallest absolute Gasteiger partial charge is 0.335 e. The van der Waals surface area contributed by atoms with E-state index in [1.807, 2.05) is 0 Å². The minimum absolute atomic E-state index is 0.0207. The van der Waals surface area contributed by atoms with E-state index in [-0.39, 0.29) is 17.7 Å². The quantitative estimate of drug-likeness (QED) is 0.709. The molecule has 0 atom stereocenters. The van der Waals surface area contributed by atoms with E-state index in [4.69, 9.17) is 5.11 Å². The maximum atomic E-state index is 14.3. The average Bonchev–Trinajstić information content (AvgIpc) is 2.52. The number of rotatable bonds is 7. The summed E-state index contributed by atoms with van der Waals surface area (Å²) < 4.78 is 28.7. The minimum atomic E-state index is -1.03. The fourth-order valence-corrected chi connectivity index (χ4v) is 2.65. The van der Waals surface area contributed by atoms with Crippen molar-refractivity contribution < 1.29 is 18.7 Å². The Morgan fingerprint density at radius 2 is 1.80 bits per heavy atom. The Kier molecular flexibility index (Phi) is 6.26. The van der Waals surface area contributed by atoms with Gasteiger partial charge < -0.3 is 10.4 Å². The monoisotopic (exact) mass is 347 g/mol. The Morgan fingerprint density at radius 1 is 1.16 bits per heavy atom. The highest BCUT2D eigenvalue weighted by Crippen LogP contribution is 2.28. The van der Waals surface area contributed by atoms with E-state index >= 15 is 0 Å². The summed E-state index contributed by atoms with van der Waals surface area (Å²) in [4.78, 5) is 11.0. The summed E-state index contributed by atoms with van der Waals surface area (Å²) in [7, 11) is 0. The van der Waals surface area contributed by atoms with Gasteiger partial charge in [-0.3, -0.25) is 0 Å². The van der Waals surface area contributed by atoms with E-state index in [9.17, 15) is 13.6 Å². The van der Waals surface area contributed by atoms with Crippen molar-refractivity contribution in [3.63, 3.8) is 0 Å². The number of carboxylic acids is 1. The second-order valence-electron chi connectivity index (χ2n) is 6.61. The van der Waals surface area contributed by atoms with Gasteiger partial charge in [0.05, 0.1) is 5.56 Å². The number of carbonyl (C=O) groups is 1. The van der Waals surface area contributed by atoms with Crippen LogP contribution >= 0.6 is 0 Å². The van der Waals surface area contributed by atoms with Crippen molar-refractivity contribution in [1.29, 1.82) is 0 Å². The maximum Gasteiger partial charge on any atom is 0.335 e. The number of hydrogen-bond acceptors (Lipinski definition) is 2. The second-order valence-corrected chi connectivity index (χ2v) is 6.61. The van der Waals surface area contributed by atoms with Crippen LogP contribution in [0.25, 0.3) is 11.1 Å². The van der Waals surface area contributed by atoms with Gasteiger partial charge in [-0.15, -0.1) is 0 Å². The predicted octanol–water partition coefficient (Wildman–Crippen LogP) is 4.77. The van der Waals surface area contributed by atoms with Gasteiger partial charge in [-0.2, -0.15) is 0 Å². The molecule has 2 rings (SSSR count). The summed E-state index contributed by atoms with van der Waals surface area (Å²) in [5.74, 6) is -1.71. The first kappa shape index (κ1) is 19.1. The molecule has 25 heavy (non-hydrogen) atoms. The van der Waals surface area contributed by atoms with Crippen molar-refractivity contribution in [2.45, 2.75) is 33.7 Å². The molecule has 0 fully saturated rings. The van der Waals surface area contributed by atoms with Gasteiger partial charge in [0.2, 0.25) is 0 Å². The SMILES string of the molecule is Cc1cc(C(=O)O)ccc1-c1cc(F)c(CNCCC(C)C)c(F)c1. The van der Waals surface area contributed by atoms with E-state index in [0.717, 1.165) is 6.42 Å². The van der Waals surface area contributed by atoms with Crippen LogP contribution in [0, 0.1) is 24.5 Å². The van der Waals surface area contributed by atoms with Gasteiger partial charge >= 0.3 is 5.97 Å². The van der Waals surface area contributed by atoms with E-state index in [2.05, 4.69) is 19.2 Å². The molecule has 0 amide bonds. The molecule has 134 valence electrons. The molecular weight excluding hydrogens is 324 g/mol. The summed E-state index contributed by atoms with van der Waals surface area (Å²) in [6.45, 7) is 6.75. The van der Waals surface area contributed by atoms with Gasteiger partial charge in [-0.1, -0.05) is 19.9 Å². The van der Waals surface area contributed by atoms with Crippen LogP contribution in [0.2, 0.25) is 0 Å². The molecule has 0 saturated heterocycles. The molecule has 0 unspecified atom stereocenters. The fourth-order valence-electron chi connectivity index (χ4n) is 2.65. The zero-order valence-corrected chi connectivity index (χ0v) is 14.7. The van der Waals surface area contributed by atoms with E-state index in [1.54, 1.807) is 13.0 Å². The van der Waals surface area contributed by atoms with Crippen LogP contribution in [-0.2, 0) is 6.54 Å². The molecule has 3 nitrogen and oxygen atoms in total. The highest BCUT2D eigenvalue weighted by atomic mass is 19.1.